The van der Waals surface area contributed by atoms with Crippen molar-refractivity contribution in [3.05, 3.63) is 45.4 Å². The smallest absolute Gasteiger partial charge is 0.426 e. The van der Waals surface area contributed by atoms with Crippen molar-refractivity contribution in [1.29, 1.82) is 0 Å². The Labute approximate surface area is 147 Å². The molecule has 2 N–H and O–H groups in total. The number of nitrogens with zero attached hydrogens (tertiary/aromatic N) is 2. The van der Waals surface area contributed by atoms with E-state index in [-0.39, 0.29) is 12.0 Å². The first kappa shape index (κ1) is 16.7. The maximum atomic E-state index is 11.8. The Hall–Kier alpha value is -2.19. The average Bonchev–Trinajstić information content (AvgIpc) is 3.25. The van der Waals surface area contributed by atoms with Gasteiger partial charge in [0.1, 0.15) is 11.5 Å². The number of aromatic nitrogens is 2. The number of ether oxygens (including phenoxy) is 1. The monoisotopic (exact) mass is 366 g/mol. The van der Waals surface area contributed by atoms with E-state index in [1.54, 1.807) is 6.92 Å². The fourth-order valence-corrected chi connectivity index (χ4v) is 2.99. The molecule has 0 unspecified atom stereocenters. The Kier molecular flexibility index (Phi) is 4.68. The van der Waals surface area contributed by atoms with Crippen molar-refractivity contribution >= 4 is 35.1 Å². The van der Waals surface area contributed by atoms with E-state index >= 15 is 0 Å². The van der Waals surface area contributed by atoms with Crippen LogP contribution in [-0.4, -0.2) is 28.2 Å². The maximum Gasteiger partial charge on any atom is 0.426 e. The van der Waals surface area contributed by atoms with Gasteiger partial charge in [0.25, 0.3) is 5.91 Å². The molecule has 2 aromatic rings. The molecule has 1 aromatic heterocycles. The standard InChI is InChI=1S/C15H15ClN4O3S/c1-9-12(24-20-17-9)13(21)18-19-14(22)23-8-15(6-7-15)10-2-4-11(16)5-3-10/h2-5H,6-8H2,1H3,(H,18,21)(H,19,22). The van der Waals surface area contributed by atoms with Crippen LogP contribution in [0.25, 0.3) is 0 Å². The van der Waals surface area contributed by atoms with Crippen LogP contribution in [0.2, 0.25) is 5.02 Å². The molecule has 1 aliphatic rings. The van der Waals surface area contributed by atoms with Gasteiger partial charge in [-0.15, -0.1) is 5.10 Å². The molecule has 1 aliphatic carbocycles. The Balaban J connectivity index is 1.48. The van der Waals surface area contributed by atoms with Crippen molar-refractivity contribution in [1.82, 2.24) is 20.4 Å². The summed E-state index contributed by atoms with van der Waals surface area (Å²) in [5.74, 6) is -0.474. The summed E-state index contributed by atoms with van der Waals surface area (Å²) in [7, 11) is 0. The number of hydrogen-bond acceptors (Lipinski definition) is 6. The van der Waals surface area contributed by atoms with Crippen LogP contribution >= 0.6 is 23.1 Å². The summed E-state index contributed by atoms with van der Waals surface area (Å²) in [4.78, 5) is 23.9. The Morgan fingerprint density at radius 3 is 2.58 bits per heavy atom. The van der Waals surface area contributed by atoms with E-state index in [2.05, 4.69) is 20.4 Å². The van der Waals surface area contributed by atoms with Gasteiger partial charge in [-0.05, 0) is 49.0 Å². The van der Waals surface area contributed by atoms with Gasteiger partial charge in [0.05, 0.1) is 5.69 Å². The number of amides is 2. The molecule has 3 rings (SSSR count). The second-order valence-corrected chi connectivity index (χ2v) is 6.82. The van der Waals surface area contributed by atoms with Gasteiger partial charge in [-0.1, -0.05) is 28.2 Å². The molecule has 0 radical (unpaired) electrons. The van der Waals surface area contributed by atoms with Crippen molar-refractivity contribution in [2.75, 3.05) is 6.61 Å². The Morgan fingerprint density at radius 2 is 2.00 bits per heavy atom. The lowest BCUT2D eigenvalue weighted by molar-refractivity contribution is 0.0905. The predicted molar refractivity (Wildman–Crippen MR) is 89.0 cm³/mol. The number of benzene rings is 1. The minimum absolute atomic E-state index is 0.149. The van der Waals surface area contributed by atoms with Gasteiger partial charge in [-0.25, -0.2) is 10.2 Å². The van der Waals surface area contributed by atoms with Crippen molar-refractivity contribution in [3.8, 4) is 0 Å². The molecular weight excluding hydrogens is 352 g/mol. The number of aryl methyl sites for hydroxylation is 1. The average molecular weight is 367 g/mol. The first-order valence-electron chi connectivity index (χ1n) is 7.28. The maximum absolute atomic E-state index is 11.8. The number of halogens is 1. The van der Waals surface area contributed by atoms with E-state index in [0.717, 1.165) is 29.9 Å². The van der Waals surface area contributed by atoms with Gasteiger partial charge in [0, 0.05) is 10.4 Å². The summed E-state index contributed by atoms with van der Waals surface area (Å²) in [6.07, 6.45) is 1.18. The van der Waals surface area contributed by atoms with Crippen LogP contribution in [0, 0.1) is 6.92 Å². The van der Waals surface area contributed by atoms with Crippen LogP contribution in [0.1, 0.15) is 33.8 Å². The van der Waals surface area contributed by atoms with Gasteiger partial charge in [-0.3, -0.25) is 10.2 Å². The summed E-state index contributed by atoms with van der Waals surface area (Å²) >= 11 is 6.85. The number of carbonyl (C=O) groups is 2. The molecule has 1 heterocycles. The molecule has 7 nitrogen and oxygen atoms in total. The minimum Gasteiger partial charge on any atom is -0.447 e. The summed E-state index contributed by atoms with van der Waals surface area (Å²) in [6, 6.07) is 7.53. The predicted octanol–water partition coefficient (Wildman–Crippen LogP) is 2.60. The topological polar surface area (TPSA) is 93.2 Å². The van der Waals surface area contributed by atoms with E-state index in [1.807, 2.05) is 24.3 Å². The number of rotatable bonds is 4. The fourth-order valence-electron chi connectivity index (χ4n) is 2.31. The van der Waals surface area contributed by atoms with E-state index in [1.165, 1.54) is 0 Å². The van der Waals surface area contributed by atoms with Crippen molar-refractivity contribution in [2.45, 2.75) is 25.2 Å². The summed E-state index contributed by atoms with van der Waals surface area (Å²) in [6.45, 7) is 1.91. The third-order valence-electron chi connectivity index (χ3n) is 3.93. The molecule has 1 aromatic carbocycles. The van der Waals surface area contributed by atoms with E-state index in [0.29, 0.717) is 15.6 Å². The highest BCUT2D eigenvalue weighted by Gasteiger charge is 2.45. The summed E-state index contributed by atoms with van der Waals surface area (Å²) < 4.78 is 8.89. The van der Waals surface area contributed by atoms with Crippen LogP contribution in [0.3, 0.4) is 0 Å². The van der Waals surface area contributed by atoms with E-state index in [9.17, 15) is 9.59 Å². The Morgan fingerprint density at radius 1 is 1.29 bits per heavy atom. The van der Waals surface area contributed by atoms with Gasteiger partial charge in [0.15, 0.2) is 0 Å². The number of hydrogen-bond donors (Lipinski definition) is 2. The van der Waals surface area contributed by atoms with Crippen LogP contribution < -0.4 is 10.9 Å². The normalized spacial score (nSPS) is 14.8. The molecule has 1 fully saturated rings. The molecular formula is C15H15ClN4O3S. The van der Waals surface area contributed by atoms with Crippen LogP contribution in [0.4, 0.5) is 4.79 Å². The second kappa shape index (κ2) is 6.74. The van der Waals surface area contributed by atoms with Gasteiger partial charge in [-0.2, -0.15) is 0 Å². The zero-order valence-corrected chi connectivity index (χ0v) is 14.4. The largest absolute Gasteiger partial charge is 0.447 e. The SMILES string of the molecule is Cc1nnsc1C(=O)NNC(=O)OCC1(c2ccc(Cl)cc2)CC1. The molecule has 0 aliphatic heterocycles. The number of hydrazine groups is 1. The first-order chi connectivity index (χ1) is 11.5. The van der Waals surface area contributed by atoms with Crippen molar-refractivity contribution in [2.24, 2.45) is 0 Å². The van der Waals surface area contributed by atoms with Gasteiger partial charge < -0.3 is 4.74 Å². The quantitative estimate of drug-likeness (QED) is 0.811. The molecule has 2 amide bonds. The number of nitrogens with one attached hydrogen (secondary N) is 2. The van der Waals surface area contributed by atoms with E-state index in [4.69, 9.17) is 16.3 Å². The molecule has 1 saturated carbocycles. The highest BCUT2D eigenvalue weighted by molar-refractivity contribution is 7.07. The molecule has 9 heteroatoms. The Bertz CT molecular complexity index is 758. The van der Waals surface area contributed by atoms with Gasteiger partial charge in [0.2, 0.25) is 0 Å². The lowest BCUT2D eigenvalue weighted by Gasteiger charge is -2.16. The third-order valence-corrected chi connectivity index (χ3v) is 5.00. The zero-order valence-electron chi connectivity index (χ0n) is 12.8. The summed E-state index contributed by atoms with van der Waals surface area (Å²) in [5.41, 5.74) is 5.96. The molecule has 0 saturated heterocycles. The van der Waals surface area contributed by atoms with Crippen LogP contribution in [-0.2, 0) is 10.2 Å². The highest BCUT2D eigenvalue weighted by Crippen LogP contribution is 2.48. The van der Waals surface area contributed by atoms with Crippen LogP contribution in [0.15, 0.2) is 24.3 Å². The number of carbonyl (C=O) groups excluding carboxylic acids is 2. The van der Waals surface area contributed by atoms with Crippen molar-refractivity contribution in [3.63, 3.8) is 0 Å². The van der Waals surface area contributed by atoms with E-state index < -0.39 is 12.0 Å². The molecule has 0 atom stereocenters. The molecule has 126 valence electrons. The summed E-state index contributed by atoms with van der Waals surface area (Å²) in [5, 5.41) is 4.41. The third kappa shape index (κ3) is 3.65. The lowest BCUT2D eigenvalue weighted by atomic mass is 9.97. The van der Waals surface area contributed by atoms with Crippen LogP contribution in [0.5, 0.6) is 0 Å². The lowest BCUT2D eigenvalue weighted by Crippen LogP contribution is -2.42. The fraction of sp³-hybridized carbons (Fsp3) is 0.333. The second-order valence-electron chi connectivity index (χ2n) is 5.63. The molecule has 0 bridgehead atoms. The first-order valence-corrected chi connectivity index (χ1v) is 8.43. The highest BCUT2D eigenvalue weighted by atomic mass is 35.5. The minimum atomic E-state index is -0.710. The molecule has 0 spiro atoms. The zero-order chi connectivity index (χ0) is 17.2. The van der Waals surface area contributed by atoms with Gasteiger partial charge >= 0.3 is 6.09 Å². The molecule has 24 heavy (non-hydrogen) atoms. The van der Waals surface area contributed by atoms with Crippen molar-refractivity contribution < 1.29 is 14.3 Å².